The smallest absolute Gasteiger partial charge is 0.124 e. The highest BCUT2D eigenvalue weighted by atomic mass is 16.5. The third-order valence-electron chi connectivity index (χ3n) is 3.96. The maximum absolute atomic E-state index is 10.6. The monoisotopic (exact) mass is 288 g/mol. The van der Waals surface area contributed by atoms with Crippen LogP contribution in [0.5, 0.6) is 0 Å². The van der Waals surface area contributed by atoms with Crippen molar-refractivity contribution in [1.29, 1.82) is 0 Å². The van der Waals surface area contributed by atoms with E-state index in [1.54, 1.807) is 13.3 Å². The van der Waals surface area contributed by atoms with Crippen LogP contribution in [0.1, 0.15) is 23.2 Å². The van der Waals surface area contributed by atoms with Crippen molar-refractivity contribution in [2.75, 3.05) is 20.2 Å². The number of aromatic nitrogens is 3. The van der Waals surface area contributed by atoms with E-state index in [1.165, 1.54) is 11.1 Å². The van der Waals surface area contributed by atoms with Crippen LogP contribution in [0.3, 0.4) is 0 Å². The SMILES string of the molecule is COCc1ccc(CN2CC[C@](O)(c3cn[nH]n3)C2)cc1. The molecule has 0 saturated carbocycles. The number of nitrogens with one attached hydrogen (secondary N) is 1. The Bertz CT molecular complexity index is 570. The summed E-state index contributed by atoms with van der Waals surface area (Å²) in [5.41, 5.74) is 2.14. The number of hydrogen-bond donors (Lipinski definition) is 2. The Morgan fingerprint density at radius 2 is 2.10 bits per heavy atom. The zero-order chi connectivity index (χ0) is 14.7. The van der Waals surface area contributed by atoms with E-state index in [1.807, 2.05) is 0 Å². The summed E-state index contributed by atoms with van der Waals surface area (Å²) in [6.45, 7) is 2.89. The third-order valence-corrected chi connectivity index (χ3v) is 3.96. The quantitative estimate of drug-likeness (QED) is 0.860. The second-order valence-electron chi connectivity index (χ2n) is 5.60. The first-order valence-corrected chi connectivity index (χ1v) is 7.07. The van der Waals surface area contributed by atoms with Gasteiger partial charge in [-0.3, -0.25) is 4.90 Å². The van der Waals surface area contributed by atoms with E-state index >= 15 is 0 Å². The summed E-state index contributed by atoms with van der Waals surface area (Å²) in [5.74, 6) is 0. The highest BCUT2D eigenvalue weighted by Crippen LogP contribution is 2.30. The molecule has 1 saturated heterocycles. The summed E-state index contributed by atoms with van der Waals surface area (Å²) in [5, 5.41) is 21.0. The maximum atomic E-state index is 10.6. The second-order valence-corrected chi connectivity index (χ2v) is 5.60. The zero-order valence-corrected chi connectivity index (χ0v) is 12.1. The number of H-pyrrole nitrogens is 1. The van der Waals surface area contributed by atoms with Gasteiger partial charge in [0, 0.05) is 26.7 Å². The van der Waals surface area contributed by atoms with Crippen molar-refractivity contribution >= 4 is 0 Å². The van der Waals surface area contributed by atoms with Crippen molar-refractivity contribution in [3.63, 3.8) is 0 Å². The van der Waals surface area contributed by atoms with Gasteiger partial charge in [-0.1, -0.05) is 24.3 Å². The summed E-state index contributed by atoms with van der Waals surface area (Å²) >= 11 is 0. The van der Waals surface area contributed by atoms with Crippen LogP contribution in [-0.4, -0.2) is 45.6 Å². The van der Waals surface area contributed by atoms with Crippen molar-refractivity contribution in [3.8, 4) is 0 Å². The summed E-state index contributed by atoms with van der Waals surface area (Å²) in [6, 6.07) is 8.39. The van der Waals surface area contributed by atoms with Crippen LogP contribution in [0.25, 0.3) is 0 Å². The molecule has 0 radical (unpaired) electrons. The number of β-amino-alcohol motifs (C(OH)–C–C–N with tert-alkyl or cyclic N) is 1. The molecule has 1 atom stereocenters. The molecular formula is C15H20N4O2. The van der Waals surface area contributed by atoms with Crippen molar-refractivity contribution in [3.05, 3.63) is 47.3 Å². The lowest BCUT2D eigenvalue weighted by atomic mass is 10.00. The average molecular weight is 288 g/mol. The van der Waals surface area contributed by atoms with Crippen molar-refractivity contribution < 1.29 is 9.84 Å². The molecule has 2 heterocycles. The van der Waals surface area contributed by atoms with Crippen LogP contribution in [0.15, 0.2) is 30.5 Å². The van der Waals surface area contributed by atoms with Crippen molar-refractivity contribution in [2.24, 2.45) is 0 Å². The molecule has 112 valence electrons. The highest BCUT2D eigenvalue weighted by Gasteiger charge is 2.39. The first-order chi connectivity index (χ1) is 10.2. The fraction of sp³-hybridized carbons (Fsp3) is 0.467. The standard InChI is InChI=1S/C15H20N4O2/c1-21-10-13-4-2-12(3-5-13)9-19-7-6-15(20,11-19)14-8-16-18-17-14/h2-5,8,20H,6-7,9-11H2,1H3,(H,16,17,18)/t15-/m1/s1. The van der Waals surface area contributed by atoms with E-state index in [0.717, 1.165) is 13.1 Å². The van der Waals surface area contributed by atoms with Gasteiger partial charge in [0.2, 0.25) is 0 Å². The van der Waals surface area contributed by atoms with Gasteiger partial charge in [0.1, 0.15) is 11.3 Å². The molecule has 0 bridgehead atoms. The van der Waals surface area contributed by atoms with Gasteiger partial charge in [-0.15, -0.1) is 0 Å². The summed E-state index contributed by atoms with van der Waals surface area (Å²) in [4.78, 5) is 2.24. The molecule has 1 aliphatic heterocycles. The van der Waals surface area contributed by atoms with E-state index in [-0.39, 0.29) is 0 Å². The van der Waals surface area contributed by atoms with Crippen molar-refractivity contribution in [2.45, 2.75) is 25.2 Å². The molecule has 6 nitrogen and oxygen atoms in total. The Kier molecular flexibility index (Phi) is 4.01. The molecule has 0 unspecified atom stereocenters. The summed E-state index contributed by atoms with van der Waals surface area (Å²) < 4.78 is 5.11. The Balaban J connectivity index is 1.62. The Morgan fingerprint density at radius 1 is 1.33 bits per heavy atom. The topological polar surface area (TPSA) is 74.3 Å². The number of aromatic amines is 1. The van der Waals surface area contributed by atoms with Gasteiger partial charge in [0.15, 0.2) is 0 Å². The molecule has 3 rings (SSSR count). The third kappa shape index (κ3) is 3.12. The molecule has 1 fully saturated rings. The predicted molar refractivity (Wildman–Crippen MR) is 77.3 cm³/mol. The lowest BCUT2D eigenvalue weighted by Gasteiger charge is -2.21. The lowest BCUT2D eigenvalue weighted by molar-refractivity contribution is 0.0409. The Morgan fingerprint density at radius 3 is 2.76 bits per heavy atom. The fourth-order valence-corrected chi connectivity index (χ4v) is 2.81. The van der Waals surface area contributed by atoms with E-state index in [2.05, 4.69) is 44.6 Å². The largest absolute Gasteiger partial charge is 0.382 e. The van der Waals surface area contributed by atoms with Crippen LogP contribution in [-0.2, 0) is 23.5 Å². The number of aliphatic hydroxyl groups is 1. The van der Waals surface area contributed by atoms with Crippen LogP contribution in [0.2, 0.25) is 0 Å². The molecule has 2 aromatic rings. The minimum atomic E-state index is -0.886. The van der Waals surface area contributed by atoms with E-state index < -0.39 is 5.60 Å². The Labute approximate surface area is 123 Å². The van der Waals surface area contributed by atoms with Crippen LogP contribution in [0, 0.1) is 0 Å². The number of hydrogen-bond acceptors (Lipinski definition) is 5. The number of likely N-dealkylation sites (tertiary alicyclic amines) is 1. The molecule has 0 spiro atoms. The van der Waals surface area contributed by atoms with E-state index in [0.29, 0.717) is 25.3 Å². The number of benzene rings is 1. The molecule has 0 amide bonds. The average Bonchev–Trinajstić information content (AvgIpc) is 3.12. The number of methoxy groups -OCH3 is 1. The molecule has 1 aromatic carbocycles. The molecule has 1 aromatic heterocycles. The minimum absolute atomic E-state index is 0.583. The maximum Gasteiger partial charge on any atom is 0.124 e. The number of rotatable bonds is 5. The second kappa shape index (κ2) is 5.93. The van der Waals surface area contributed by atoms with Crippen LogP contribution >= 0.6 is 0 Å². The van der Waals surface area contributed by atoms with Gasteiger partial charge in [0.25, 0.3) is 0 Å². The van der Waals surface area contributed by atoms with Gasteiger partial charge in [-0.2, -0.15) is 15.4 Å². The zero-order valence-electron chi connectivity index (χ0n) is 12.1. The molecule has 21 heavy (non-hydrogen) atoms. The van der Waals surface area contributed by atoms with Crippen molar-refractivity contribution in [1.82, 2.24) is 20.3 Å². The van der Waals surface area contributed by atoms with Crippen LogP contribution in [0.4, 0.5) is 0 Å². The van der Waals surface area contributed by atoms with Crippen LogP contribution < -0.4 is 0 Å². The van der Waals surface area contributed by atoms with Gasteiger partial charge in [-0.25, -0.2) is 0 Å². The predicted octanol–water partition coefficient (Wildman–Crippen LogP) is 1.04. The first-order valence-electron chi connectivity index (χ1n) is 7.07. The summed E-state index contributed by atoms with van der Waals surface area (Å²) in [6.07, 6.45) is 2.28. The van der Waals surface area contributed by atoms with Gasteiger partial charge in [0.05, 0.1) is 12.8 Å². The van der Waals surface area contributed by atoms with E-state index in [4.69, 9.17) is 4.74 Å². The molecular weight excluding hydrogens is 268 g/mol. The Hall–Kier alpha value is -1.76. The molecule has 2 N–H and O–H groups in total. The fourth-order valence-electron chi connectivity index (χ4n) is 2.81. The molecule has 1 aliphatic rings. The van der Waals surface area contributed by atoms with Gasteiger partial charge >= 0.3 is 0 Å². The normalized spacial score (nSPS) is 22.8. The number of ether oxygens (including phenoxy) is 1. The number of nitrogens with zero attached hydrogens (tertiary/aromatic N) is 3. The molecule has 0 aliphatic carbocycles. The minimum Gasteiger partial charge on any atom is -0.382 e. The van der Waals surface area contributed by atoms with Gasteiger partial charge < -0.3 is 9.84 Å². The summed E-state index contributed by atoms with van der Waals surface area (Å²) in [7, 11) is 1.70. The van der Waals surface area contributed by atoms with Gasteiger partial charge in [-0.05, 0) is 17.5 Å². The lowest BCUT2D eigenvalue weighted by Crippen LogP contribution is -2.31. The molecule has 6 heteroatoms. The first kappa shape index (κ1) is 14.2. The van der Waals surface area contributed by atoms with E-state index in [9.17, 15) is 5.11 Å². The highest BCUT2D eigenvalue weighted by molar-refractivity contribution is 5.22.